The molecule has 4 aromatic rings. The number of aromatic nitrogens is 1. The van der Waals surface area contributed by atoms with Crippen molar-refractivity contribution in [3.63, 3.8) is 0 Å². The van der Waals surface area contributed by atoms with Crippen molar-refractivity contribution in [1.82, 2.24) is 4.57 Å². The fourth-order valence-electron chi connectivity index (χ4n) is 3.43. The molecule has 3 heteroatoms. The minimum absolute atomic E-state index is 0.134. The monoisotopic (exact) mass is 355 g/mol. The average molecular weight is 355 g/mol. The number of carbonyl (C=O) groups is 1. The molecular weight excluding hydrogens is 334 g/mol. The summed E-state index contributed by atoms with van der Waals surface area (Å²) in [5, 5.41) is 1.19. The smallest absolute Gasteiger partial charge is 0.164 e. The van der Waals surface area contributed by atoms with Crippen LogP contribution in [0.15, 0.2) is 84.9 Å². The Bertz CT molecular complexity index is 1060. The van der Waals surface area contributed by atoms with Crippen molar-refractivity contribution in [2.45, 2.75) is 13.0 Å². The highest BCUT2D eigenvalue weighted by Crippen LogP contribution is 2.28. The molecule has 4 rings (SSSR count). The third kappa shape index (κ3) is 3.49. The number of benzene rings is 3. The van der Waals surface area contributed by atoms with Crippen LogP contribution in [-0.2, 0) is 6.54 Å². The Morgan fingerprint density at radius 2 is 1.59 bits per heavy atom. The average Bonchev–Trinajstić information content (AvgIpc) is 3.11. The quantitative estimate of drug-likeness (QED) is 0.422. The lowest BCUT2D eigenvalue weighted by Gasteiger charge is -2.11. The van der Waals surface area contributed by atoms with E-state index in [9.17, 15) is 4.79 Å². The maximum absolute atomic E-state index is 12.7. The second-order valence-electron chi connectivity index (χ2n) is 6.51. The molecular formula is C24H21NO2. The first-order valence-corrected chi connectivity index (χ1v) is 9.07. The Hall–Kier alpha value is -3.33. The molecule has 0 amide bonds. The molecule has 0 atom stereocenters. The summed E-state index contributed by atoms with van der Waals surface area (Å²) in [6.07, 6.45) is 0.449. The molecule has 0 fully saturated rings. The minimum atomic E-state index is 0.134. The lowest BCUT2D eigenvalue weighted by atomic mass is 10.1. The van der Waals surface area contributed by atoms with Crippen LogP contribution in [0.1, 0.15) is 16.8 Å². The molecule has 134 valence electrons. The van der Waals surface area contributed by atoms with Crippen LogP contribution < -0.4 is 4.74 Å². The number of rotatable bonds is 6. The number of ketones is 1. The van der Waals surface area contributed by atoms with Crippen molar-refractivity contribution in [1.29, 1.82) is 0 Å². The van der Waals surface area contributed by atoms with E-state index in [0.717, 1.165) is 22.5 Å². The molecule has 0 aliphatic carbocycles. The van der Waals surface area contributed by atoms with Crippen LogP contribution in [0.2, 0.25) is 0 Å². The number of para-hydroxylation sites is 1. The highest BCUT2D eigenvalue weighted by Gasteiger charge is 2.13. The van der Waals surface area contributed by atoms with E-state index >= 15 is 0 Å². The second-order valence-corrected chi connectivity index (χ2v) is 6.51. The van der Waals surface area contributed by atoms with Gasteiger partial charge in [-0.1, -0.05) is 48.5 Å². The highest BCUT2D eigenvalue weighted by atomic mass is 16.5. The molecule has 0 aliphatic rings. The molecule has 3 aromatic carbocycles. The number of nitrogens with zero attached hydrogens (tertiary/aromatic N) is 1. The van der Waals surface area contributed by atoms with Gasteiger partial charge in [-0.15, -0.1) is 0 Å². The zero-order chi connectivity index (χ0) is 18.6. The normalized spacial score (nSPS) is 10.9. The van der Waals surface area contributed by atoms with E-state index in [1.807, 2.05) is 54.6 Å². The Kier molecular flexibility index (Phi) is 4.75. The van der Waals surface area contributed by atoms with Crippen LogP contribution in [0, 0.1) is 0 Å². The number of hydrogen-bond acceptors (Lipinski definition) is 2. The third-order valence-corrected chi connectivity index (χ3v) is 4.85. The standard InChI is InChI=1S/C24H21NO2/c1-27-21-13-11-19(12-14-21)24(26)15-16-25-22-10-6-5-9-20(22)17-23(25)18-7-3-2-4-8-18/h2-14,17H,15-16H2,1H3. The Labute approximate surface area is 158 Å². The first-order chi connectivity index (χ1) is 13.3. The maximum Gasteiger partial charge on any atom is 0.164 e. The Morgan fingerprint density at radius 1 is 0.889 bits per heavy atom. The summed E-state index contributed by atoms with van der Waals surface area (Å²) in [5.74, 6) is 0.892. The van der Waals surface area contributed by atoms with Gasteiger partial charge in [-0.3, -0.25) is 4.79 Å². The van der Waals surface area contributed by atoms with Gasteiger partial charge in [0, 0.05) is 35.1 Å². The van der Waals surface area contributed by atoms with E-state index in [4.69, 9.17) is 4.74 Å². The van der Waals surface area contributed by atoms with Gasteiger partial charge >= 0.3 is 0 Å². The minimum Gasteiger partial charge on any atom is -0.497 e. The van der Waals surface area contributed by atoms with Crippen molar-refractivity contribution in [3.8, 4) is 17.0 Å². The molecule has 27 heavy (non-hydrogen) atoms. The van der Waals surface area contributed by atoms with E-state index in [1.165, 1.54) is 5.39 Å². The van der Waals surface area contributed by atoms with Gasteiger partial charge in [0.05, 0.1) is 7.11 Å². The van der Waals surface area contributed by atoms with Crippen molar-refractivity contribution >= 4 is 16.7 Å². The lowest BCUT2D eigenvalue weighted by molar-refractivity contribution is 0.0977. The van der Waals surface area contributed by atoms with Crippen molar-refractivity contribution in [2.24, 2.45) is 0 Å². The van der Waals surface area contributed by atoms with E-state index in [2.05, 4.69) is 34.9 Å². The van der Waals surface area contributed by atoms with Gasteiger partial charge in [0.1, 0.15) is 5.75 Å². The van der Waals surface area contributed by atoms with Gasteiger partial charge in [0.25, 0.3) is 0 Å². The van der Waals surface area contributed by atoms with Crippen LogP contribution in [0.5, 0.6) is 5.75 Å². The van der Waals surface area contributed by atoms with Crippen LogP contribution in [0.25, 0.3) is 22.2 Å². The summed E-state index contributed by atoms with van der Waals surface area (Å²) in [6.45, 7) is 0.641. The molecule has 3 nitrogen and oxygen atoms in total. The summed E-state index contributed by atoms with van der Waals surface area (Å²) in [5.41, 5.74) is 4.16. The van der Waals surface area contributed by atoms with Crippen LogP contribution in [-0.4, -0.2) is 17.5 Å². The number of ether oxygens (including phenoxy) is 1. The molecule has 0 spiro atoms. The molecule has 0 saturated heterocycles. The predicted molar refractivity (Wildman–Crippen MR) is 109 cm³/mol. The van der Waals surface area contributed by atoms with Gasteiger partial charge < -0.3 is 9.30 Å². The molecule has 0 unspecified atom stereocenters. The molecule has 0 saturated carbocycles. The van der Waals surface area contributed by atoms with Gasteiger partial charge in [0.2, 0.25) is 0 Å². The van der Waals surface area contributed by atoms with Crippen molar-refractivity contribution in [3.05, 3.63) is 90.5 Å². The number of methoxy groups -OCH3 is 1. The van der Waals surface area contributed by atoms with Crippen LogP contribution in [0.4, 0.5) is 0 Å². The summed E-state index contributed by atoms with van der Waals surface area (Å²) in [4.78, 5) is 12.7. The van der Waals surface area contributed by atoms with E-state index in [1.54, 1.807) is 7.11 Å². The Balaban J connectivity index is 1.63. The van der Waals surface area contributed by atoms with Gasteiger partial charge in [0.15, 0.2) is 5.78 Å². The van der Waals surface area contributed by atoms with Gasteiger partial charge in [-0.05, 0) is 42.0 Å². The first-order valence-electron chi connectivity index (χ1n) is 9.07. The molecule has 0 bridgehead atoms. The predicted octanol–water partition coefficient (Wildman–Crippen LogP) is 5.59. The molecule has 0 N–H and O–H groups in total. The Morgan fingerprint density at radius 3 is 2.33 bits per heavy atom. The number of aryl methyl sites for hydroxylation is 1. The van der Waals surface area contributed by atoms with Gasteiger partial charge in [-0.2, -0.15) is 0 Å². The topological polar surface area (TPSA) is 31.2 Å². The highest BCUT2D eigenvalue weighted by molar-refractivity contribution is 5.96. The molecule has 1 heterocycles. The van der Waals surface area contributed by atoms with Crippen molar-refractivity contribution < 1.29 is 9.53 Å². The SMILES string of the molecule is COc1ccc(C(=O)CCn2c(-c3ccccc3)cc3ccccc32)cc1. The zero-order valence-electron chi connectivity index (χ0n) is 15.3. The summed E-state index contributed by atoms with van der Waals surface area (Å²) in [6, 6.07) is 28.1. The summed E-state index contributed by atoms with van der Waals surface area (Å²) >= 11 is 0. The third-order valence-electron chi connectivity index (χ3n) is 4.85. The molecule has 1 aromatic heterocycles. The van der Waals surface area contributed by atoms with Crippen molar-refractivity contribution in [2.75, 3.05) is 7.11 Å². The lowest BCUT2D eigenvalue weighted by Crippen LogP contribution is -2.07. The van der Waals surface area contributed by atoms with E-state index < -0.39 is 0 Å². The molecule has 0 radical (unpaired) electrons. The van der Waals surface area contributed by atoms with Crippen LogP contribution >= 0.6 is 0 Å². The van der Waals surface area contributed by atoms with Crippen LogP contribution in [0.3, 0.4) is 0 Å². The number of carbonyl (C=O) groups excluding carboxylic acids is 1. The first kappa shape index (κ1) is 17.1. The summed E-state index contributed by atoms with van der Waals surface area (Å²) < 4.78 is 7.41. The largest absolute Gasteiger partial charge is 0.497 e. The summed E-state index contributed by atoms with van der Waals surface area (Å²) in [7, 11) is 1.62. The fourth-order valence-corrected chi connectivity index (χ4v) is 3.43. The molecule has 0 aliphatic heterocycles. The fraction of sp³-hybridized carbons (Fsp3) is 0.125. The zero-order valence-corrected chi connectivity index (χ0v) is 15.3. The van der Waals surface area contributed by atoms with E-state index in [-0.39, 0.29) is 5.78 Å². The van der Waals surface area contributed by atoms with E-state index in [0.29, 0.717) is 18.5 Å². The van der Waals surface area contributed by atoms with Gasteiger partial charge in [-0.25, -0.2) is 0 Å². The number of Topliss-reactive ketones (excluding diaryl/α,β-unsaturated/α-hetero) is 1. The maximum atomic E-state index is 12.7. The number of fused-ring (bicyclic) bond motifs is 1. The second kappa shape index (κ2) is 7.50. The number of hydrogen-bond donors (Lipinski definition) is 0.